The van der Waals surface area contributed by atoms with E-state index in [1.54, 1.807) is 0 Å². The van der Waals surface area contributed by atoms with Crippen molar-refractivity contribution in [2.45, 2.75) is 12.8 Å². The van der Waals surface area contributed by atoms with Crippen LogP contribution in [0.5, 0.6) is 11.5 Å². The molecular formula is C16H17NO2. The van der Waals surface area contributed by atoms with Crippen molar-refractivity contribution in [3.63, 3.8) is 0 Å². The zero-order chi connectivity index (χ0) is 13.2. The van der Waals surface area contributed by atoms with Gasteiger partial charge in [0.15, 0.2) is 0 Å². The van der Waals surface area contributed by atoms with Gasteiger partial charge in [-0.05, 0) is 25.1 Å². The fourth-order valence-corrected chi connectivity index (χ4v) is 2.35. The molecule has 1 heterocycles. The number of rotatable bonds is 3. The summed E-state index contributed by atoms with van der Waals surface area (Å²) in [5, 5.41) is 0. The summed E-state index contributed by atoms with van der Waals surface area (Å²) in [7, 11) is 0. The van der Waals surface area contributed by atoms with Crippen LogP contribution in [-0.2, 0) is 0 Å². The lowest BCUT2D eigenvalue weighted by Gasteiger charge is -2.14. The molecule has 2 N–H and O–H groups in total. The Kier molecular flexibility index (Phi) is 3.03. The van der Waals surface area contributed by atoms with E-state index in [2.05, 4.69) is 6.07 Å². The number of hydrogen-bond acceptors (Lipinski definition) is 3. The molecule has 2 aromatic rings. The Balaban J connectivity index is 1.73. The molecule has 3 rings (SSSR count). The maximum atomic E-state index is 5.90. The van der Waals surface area contributed by atoms with Gasteiger partial charge in [-0.25, -0.2) is 0 Å². The molecule has 0 saturated carbocycles. The minimum Gasteiger partial charge on any atom is -0.493 e. The maximum absolute atomic E-state index is 5.90. The van der Waals surface area contributed by atoms with Crippen molar-refractivity contribution in [1.29, 1.82) is 0 Å². The van der Waals surface area contributed by atoms with Crippen molar-refractivity contribution in [3.05, 3.63) is 53.6 Å². The second-order valence-electron chi connectivity index (χ2n) is 4.83. The quantitative estimate of drug-likeness (QED) is 0.857. The number of fused-ring (bicyclic) bond motifs is 1. The van der Waals surface area contributed by atoms with Crippen LogP contribution in [-0.4, -0.2) is 13.2 Å². The van der Waals surface area contributed by atoms with E-state index in [9.17, 15) is 0 Å². The summed E-state index contributed by atoms with van der Waals surface area (Å²) in [6, 6.07) is 13.9. The largest absolute Gasteiger partial charge is 0.493 e. The number of ether oxygens (including phenoxy) is 2. The number of nitrogen functional groups attached to an aromatic ring is 1. The van der Waals surface area contributed by atoms with E-state index in [-0.39, 0.29) is 5.92 Å². The lowest BCUT2D eigenvalue weighted by Crippen LogP contribution is -2.12. The molecule has 1 atom stereocenters. The Labute approximate surface area is 113 Å². The second kappa shape index (κ2) is 4.84. The number of anilines is 1. The van der Waals surface area contributed by atoms with E-state index in [4.69, 9.17) is 15.2 Å². The first kappa shape index (κ1) is 11.9. The van der Waals surface area contributed by atoms with E-state index in [1.807, 2.05) is 43.3 Å². The van der Waals surface area contributed by atoms with Gasteiger partial charge in [-0.2, -0.15) is 0 Å². The number of benzene rings is 2. The van der Waals surface area contributed by atoms with Gasteiger partial charge in [0.25, 0.3) is 0 Å². The lowest BCUT2D eigenvalue weighted by molar-refractivity contribution is 0.247. The molecule has 0 bridgehead atoms. The molecule has 3 nitrogen and oxygen atoms in total. The highest BCUT2D eigenvalue weighted by molar-refractivity contribution is 5.53. The van der Waals surface area contributed by atoms with Gasteiger partial charge in [-0.1, -0.05) is 24.3 Å². The van der Waals surface area contributed by atoms with Crippen molar-refractivity contribution in [3.8, 4) is 11.5 Å². The smallest absolute Gasteiger partial charge is 0.124 e. The van der Waals surface area contributed by atoms with Crippen LogP contribution in [0.15, 0.2) is 42.5 Å². The van der Waals surface area contributed by atoms with Crippen molar-refractivity contribution in [2.24, 2.45) is 0 Å². The van der Waals surface area contributed by atoms with Crippen LogP contribution in [0, 0.1) is 6.92 Å². The van der Waals surface area contributed by atoms with E-state index < -0.39 is 0 Å². The normalized spacial score (nSPS) is 16.8. The molecule has 1 aliphatic rings. The zero-order valence-electron chi connectivity index (χ0n) is 10.9. The monoisotopic (exact) mass is 255 g/mol. The number of para-hydroxylation sites is 1. The highest BCUT2D eigenvalue weighted by Crippen LogP contribution is 2.34. The average molecular weight is 255 g/mol. The van der Waals surface area contributed by atoms with Gasteiger partial charge in [-0.3, -0.25) is 0 Å². The first-order valence-electron chi connectivity index (χ1n) is 6.45. The maximum Gasteiger partial charge on any atom is 0.124 e. The number of nitrogens with two attached hydrogens (primary N) is 1. The van der Waals surface area contributed by atoms with Crippen LogP contribution in [0.2, 0.25) is 0 Å². The van der Waals surface area contributed by atoms with Crippen molar-refractivity contribution >= 4 is 5.69 Å². The minimum atomic E-state index is 0.289. The first-order chi connectivity index (χ1) is 9.25. The molecule has 0 amide bonds. The minimum absolute atomic E-state index is 0.289. The molecule has 0 fully saturated rings. The third-order valence-corrected chi connectivity index (χ3v) is 3.56. The third-order valence-electron chi connectivity index (χ3n) is 3.56. The van der Waals surface area contributed by atoms with E-state index >= 15 is 0 Å². The average Bonchev–Trinajstić information content (AvgIpc) is 2.84. The molecule has 0 radical (unpaired) electrons. The predicted molar refractivity (Wildman–Crippen MR) is 75.8 cm³/mol. The van der Waals surface area contributed by atoms with Crippen LogP contribution in [0.25, 0.3) is 0 Å². The molecule has 0 aliphatic carbocycles. The van der Waals surface area contributed by atoms with Gasteiger partial charge in [-0.15, -0.1) is 0 Å². The molecule has 0 spiro atoms. The van der Waals surface area contributed by atoms with Gasteiger partial charge in [0.2, 0.25) is 0 Å². The fourth-order valence-electron chi connectivity index (χ4n) is 2.35. The highest BCUT2D eigenvalue weighted by atomic mass is 16.5. The van der Waals surface area contributed by atoms with Gasteiger partial charge >= 0.3 is 0 Å². The standard InChI is InChI=1S/C16H17NO2/c1-11-14(17)6-4-8-15(11)18-9-12-10-19-16-7-3-2-5-13(12)16/h2-8,12H,9-10,17H2,1H3. The Morgan fingerprint density at radius 3 is 2.95 bits per heavy atom. The van der Waals surface area contributed by atoms with Crippen LogP contribution < -0.4 is 15.2 Å². The predicted octanol–water partition coefficient (Wildman–Crippen LogP) is 3.13. The Morgan fingerprint density at radius 1 is 1.21 bits per heavy atom. The molecule has 1 unspecified atom stereocenters. The van der Waals surface area contributed by atoms with Gasteiger partial charge in [0.1, 0.15) is 11.5 Å². The van der Waals surface area contributed by atoms with Crippen molar-refractivity contribution < 1.29 is 9.47 Å². The summed E-state index contributed by atoms with van der Waals surface area (Å²) in [5.41, 5.74) is 8.86. The van der Waals surface area contributed by atoms with E-state index in [1.165, 1.54) is 5.56 Å². The number of hydrogen-bond donors (Lipinski definition) is 1. The SMILES string of the molecule is Cc1c(N)cccc1OCC1COc2ccccc21. The third kappa shape index (κ3) is 2.24. The summed E-state index contributed by atoms with van der Waals surface area (Å²) < 4.78 is 11.5. The Morgan fingerprint density at radius 2 is 2.05 bits per heavy atom. The van der Waals surface area contributed by atoms with E-state index in [0.717, 1.165) is 22.7 Å². The first-order valence-corrected chi connectivity index (χ1v) is 6.45. The molecule has 2 aromatic carbocycles. The van der Waals surface area contributed by atoms with Gasteiger partial charge in [0.05, 0.1) is 19.1 Å². The molecule has 19 heavy (non-hydrogen) atoms. The fraction of sp³-hybridized carbons (Fsp3) is 0.250. The van der Waals surface area contributed by atoms with Gasteiger partial charge in [0, 0.05) is 16.8 Å². The summed E-state index contributed by atoms with van der Waals surface area (Å²) >= 11 is 0. The summed E-state index contributed by atoms with van der Waals surface area (Å²) in [6.07, 6.45) is 0. The van der Waals surface area contributed by atoms with Crippen LogP contribution >= 0.6 is 0 Å². The van der Waals surface area contributed by atoms with Crippen LogP contribution in [0.1, 0.15) is 17.0 Å². The van der Waals surface area contributed by atoms with E-state index in [0.29, 0.717) is 13.2 Å². The van der Waals surface area contributed by atoms with Crippen molar-refractivity contribution in [2.75, 3.05) is 18.9 Å². The Hall–Kier alpha value is -2.16. The summed E-state index contributed by atoms with van der Waals surface area (Å²) in [5.74, 6) is 2.11. The van der Waals surface area contributed by atoms with Crippen molar-refractivity contribution in [1.82, 2.24) is 0 Å². The van der Waals surface area contributed by atoms with Crippen LogP contribution in [0.3, 0.4) is 0 Å². The summed E-state index contributed by atoms with van der Waals surface area (Å²) in [4.78, 5) is 0. The molecule has 1 aliphatic heterocycles. The molecule has 0 aromatic heterocycles. The molecule has 0 saturated heterocycles. The second-order valence-corrected chi connectivity index (χ2v) is 4.83. The summed E-state index contributed by atoms with van der Waals surface area (Å²) in [6.45, 7) is 3.27. The molecule has 98 valence electrons. The molecular weight excluding hydrogens is 238 g/mol. The highest BCUT2D eigenvalue weighted by Gasteiger charge is 2.24. The van der Waals surface area contributed by atoms with Crippen LogP contribution in [0.4, 0.5) is 5.69 Å². The Bertz CT molecular complexity index is 595. The topological polar surface area (TPSA) is 44.5 Å². The lowest BCUT2D eigenvalue weighted by atomic mass is 10.0. The molecule has 3 heteroatoms. The zero-order valence-corrected chi connectivity index (χ0v) is 10.9. The van der Waals surface area contributed by atoms with Gasteiger partial charge < -0.3 is 15.2 Å².